The van der Waals surface area contributed by atoms with Crippen molar-refractivity contribution in [1.82, 2.24) is 19.4 Å². The second-order valence-corrected chi connectivity index (χ2v) is 6.67. The molecule has 23 heavy (non-hydrogen) atoms. The summed E-state index contributed by atoms with van der Waals surface area (Å²) in [6.07, 6.45) is 6.41. The highest BCUT2D eigenvalue weighted by molar-refractivity contribution is 7.15. The summed E-state index contributed by atoms with van der Waals surface area (Å²) >= 11 is 1.63. The van der Waals surface area contributed by atoms with Gasteiger partial charge in [-0.05, 0) is 19.8 Å². The Hall–Kier alpha value is -2.35. The van der Waals surface area contributed by atoms with Crippen LogP contribution in [0.5, 0.6) is 0 Å². The van der Waals surface area contributed by atoms with Gasteiger partial charge in [0.15, 0.2) is 4.96 Å². The van der Waals surface area contributed by atoms with Crippen LogP contribution in [0.2, 0.25) is 0 Å². The first kappa shape index (κ1) is 14.3. The first-order valence-corrected chi connectivity index (χ1v) is 8.65. The van der Waals surface area contributed by atoms with Crippen LogP contribution in [0.25, 0.3) is 4.96 Å². The van der Waals surface area contributed by atoms with E-state index in [1.54, 1.807) is 17.4 Å². The number of nitrogen functional groups attached to an aromatic ring is 1. The van der Waals surface area contributed by atoms with Crippen molar-refractivity contribution in [3.05, 3.63) is 29.5 Å². The topological polar surface area (TPSA) is 84.4 Å². The monoisotopic (exact) mass is 329 g/mol. The number of fused-ring (bicyclic) bond motifs is 1. The molecule has 1 aliphatic heterocycles. The zero-order chi connectivity index (χ0) is 15.8. The van der Waals surface area contributed by atoms with E-state index in [-0.39, 0.29) is 6.04 Å². The number of aromatic nitrogens is 4. The maximum Gasteiger partial charge on any atom is 0.229 e. The first-order chi connectivity index (χ1) is 11.2. The van der Waals surface area contributed by atoms with E-state index in [9.17, 15) is 0 Å². The number of hydrogen-bond donors (Lipinski definition) is 2. The molecule has 4 rings (SSSR count). The van der Waals surface area contributed by atoms with Crippen LogP contribution in [0.3, 0.4) is 0 Å². The Morgan fingerprint density at radius 3 is 2.87 bits per heavy atom. The zero-order valence-corrected chi connectivity index (χ0v) is 13.8. The third-order valence-electron chi connectivity index (χ3n) is 4.04. The Morgan fingerprint density at radius 1 is 1.26 bits per heavy atom. The van der Waals surface area contributed by atoms with Gasteiger partial charge in [0, 0.05) is 36.9 Å². The van der Waals surface area contributed by atoms with Gasteiger partial charge in [0.2, 0.25) is 5.95 Å². The van der Waals surface area contributed by atoms with Crippen LogP contribution in [0, 0.1) is 0 Å². The van der Waals surface area contributed by atoms with Crippen LogP contribution < -0.4 is 16.0 Å². The zero-order valence-electron chi connectivity index (χ0n) is 12.9. The molecule has 1 atom stereocenters. The Balaban J connectivity index is 1.56. The average Bonchev–Trinajstić information content (AvgIpc) is 3.23. The van der Waals surface area contributed by atoms with E-state index in [4.69, 9.17) is 5.73 Å². The van der Waals surface area contributed by atoms with E-state index in [0.29, 0.717) is 11.8 Å². The van der Waals surface area contributed by atoms with Crippen LogP contribution in [0.15, 0.2) is 23.8 Å². The first-order valence-electron chi connectivity index (χ1n) is 7.77. The lowest BCUT2D eigenvalue weighted by atomic mass is 10.2. The molecule has 0 unspecified atom stereocenters. The smallest absolute Gasteiger partial charge is 0.229 e. The summed E-state index contributed by atoms with van der Waals surface area (Å²) in [5.41, 5.74) is 6.93. The maximum absolute atomic E-state index is 5.95. The van der Waals surface area contributed by atoms with E-state index in [0.717, 1.165) is 29.6 Å². The number of hydrogen-bond acceptors (Lipinski definition) is 7. The average molecular weight is 329 g/mol. The van der Waals surface area contributed by atoms with E-state index in [1.807, 2.05) is 22.2 Å². The molecule has 1 fully saturated rings. The lowest BCUT2D eigenvalue weighted by Gasteiger charge is -2.18. The highest BCUT2D eigenvalue weighted by Crippen LogP contribution is 2.23. The van der Waals surface area contributed by atoms with Gasteiger partial charge in [0.1, 0.15) is 11.6 Å². The van der Waals surface area contributed by atoms with Gasteiger partial charge in [-0.2, -0.15) is 9.97 Å². The molecule has 3 aromatic rings. The lowest BCUT2D eigenvalue weighted by Crippen LogP contribution is -2.21. The van der Waals surface area contributed by atoms with Crippen molar-refractivity contribution in [3.8, 4) is 0 Å². The van der Waals surface area contributed by atoms with Crippen molar-refractivity contribution in [2.24, 2.45) is 0 Å². The molecule has 3 aromatic heterocycles. The van der Waals surface area contributed by atoms with Crippen molar-refractivity contribution in [3.63, 3.8) is 0 Å². The van der Waals surface area contributed by atoms with Gasteiger partial charge in [0.25, 0.3) is 0 Å². The molecule has 3 N–H and O–H groups in total. The van der Waals surface area contributed by atoms with Crippen LogP contribution in [0.1, 0.15) is 31.5 Å². The molecule has 120 valence electrons. The number of anilines is 3. The summed E-state index contributed by atoms with van der Waals surface area (Å²) in [6.45, 7) is 4.06. The number of thiazole rings is 1. The molecule has 0 radical (unpaired) electrons. The summed E-state index contributed by atoms with van der Waals surface area (Å²) in [5.74, 6) is 1.94. The lowest BCUT2D eigenvalue weighted by molar-refractivity contribution is 0.834. The van der Waals surface area contributed by atoms with Gasteiger partial charge >= 0.3 is 0 Å². The Bertz CT molecular complexity index is 790. The number of imidazole rings is 1. The number of rotatable bonds is 4. The Labute approximate surface area is 138 Å². The van der Waals surface area contributed by atoms with Crippen molar-refractivity contribution in [2.75, 3.05) is 29.0 Å². The minimum Gasteiger partial charge on any atom is -0.383 e. The molecule has 0 spiro atoms. The molecule has 0 aliphatic carbocycles. The summed E-state index contributed by atoms with van der Waals surface area (Å²) in [4.78, 5) is 16.8. The number of nitrogens with zero attached hydrogens (tertiary/aromatic N) is 5. The van der Waals surface area contributed by atoms with Crippen LogP contribution in [0.4, 0.5) is 17.6 Å². The van der Waals surface area contributed by atoms with E-state index < -0.39 is 0 Å². The van der Waals surface area contributed by atoms with Gasteiger partial charge in [-0.1, -0.05) is 0 Å². The van der Waals surface area contributed by atoms with Crippen molar-refractivity contribution in [1.29, 1.82) is 0 Å². The Morgan fingerprint density at radius 2 is 2.09 bits per heavy atom. The Kier molecular flexibility index (Phi) is 3.53. The van der Waals surface area contributed by atoms with Crippen LogP contribution >= 0.6 is 11.3 Å². The highest BCUT2D eigenvalue weighted by Gasteiger charge is 2.17. The number of nitrogens with two attached hydrogens (primary N) is 1. The molecule has 0 amide bonds. The summed E-state index contributed by atoms with van der Waals surface area (Å²) in [6, 6.07) is 1.82. The molecule has 0 bridgehead atoms. The molecule has 1 saturated heterocycles. The largest absolute Gasteiger partial charge is 0.383 e. The van der Waals surface area contributed by atoms with Crippen molar-refractivity contribution < 1.29 is 0 Å². The minimum atomic E-state index is 0.0443. The van der Waals surface area contributed by atoms with Gasteiger partial charge in [-0.3, -0.25) is 4.40 Å². The molecule has 8 heteroatoms. The fourth-order valence-corrected chi connectivity index (χ4v) is 3.54. The fraction of sp³-hybridized carbons (Fsp3) is 0.400. The van der Waals surface area contributed by atoms with E-state index in [1.165, 1.54) is 12.8 Å². The molecule has 7 nitrogen and oxygen atoms in total. The van der Waals surface area contributed by atoms with E-state index >= 15 is 0 Å². The quantitative estimate of drug-likeness (QED) is 0.765. The SMILES string of the molecule is C[C@H](Nc1cc(N)nc(N2CCCC2)n1)c1cn2ccsc2n1. The van der Waals surface area contributed by atoms with Gasteiger partial charge in [-0.15, -0.1) is 11.3 Å². The molecule has 0 saturated carbocycles. The molecular formula is C15H19N7S. The second kappa shape index (κ2) is 5.69. The van der Waals surface area contributed by atoms with Crippen molar-refractivity contribution >= 4 is 33.9 Å². The van der Waals surface area contributed by atoms with Crippen LogP contribution in [-0.2, 0) is 0 Å². The second-order valence-electron chi connectivity index (χ2n) is 5.80. The predicted octanol–water partition coefficient (Wildman–Crippen LogP) is 2.54. The molecule has 0 aromatic carbocycles. The molecular weight excluding hydrogens is 310 g/mol. The number of nitrogens with one attached hydrogen (secondary N) is 1. The summed E-state index contributed by atoms with van der Waals surface area (Å²) in [5, 5.41) is 5.41. The van der Waals surface area contributed by atoms with Gasteiger partial charge in [-0.25, -0.2) is 4.98 Å². The van der Waals surface area contributed by atoms with Gasteiger partial charge in [0.05, 0.1) is 11.7 Å². The standard InChI is InChI=1S/C15H19N7S/c1-10(11-9-22-6-7-23-15(22)18-11)17-13-8-12(16)19-14(20-13)21-4-2-3-5-21/h6-10H,2-5H2,1H3,(H3,16,17,19,20)/t10-/m0/s1. The fourth-order valence-electron chi connectivity index (χ4n) is 2.84. The minimum absolute atomic E-state index is 0.0443. The normalized spacial score (nSPS) is 16.1. The third kappa shape index (κ3) is 2.81. The summed E-state index contributed by atoms with van der Waals surface area (Å²) < 4.78 is 2.03. The van der Waals surface area contributed by atoms with E-state index in [2.05, 4.69) is 32.1 Å². The van der Waals surface area contributed by atoms with Crippen LogP contribution in [-0.4, -0.2) is 32.4 Å². The highest BCUT2D eigenvalue weighted by atomic mass is 32.1. The van der Waals surface area contributed by atoms with Crippen molar-refractivity contribution in [2.45, 2.75) is 25.8 Å². The maximum atomic E-state index is 5.95. The summed E-state index contributed by atoms with van der Waals surface area (Å²) in [7, 11) is 0. The molecule has 1 aliphatic rings. The third-order valence-corrected chi connectivity index (χ3v) is 4.81. The molecule has 4 heterocycles. The predicted molar refractivity (Wildman–Crippen MR) is 93.0 cm³/mol. The van der Waals surface area contributed by atoms with Gasteiger partial charge < -0.3 is 16.0 Å².